The average Bonchev–Trinajstić information content (AvgIpc) is 3.57. The fraction of sp³-hybridized carbons (Fsp3) is 0.545. The van der Waals surface area contributed by atoms with Gasteiger partial charge in [0.15, 0.2) is 0 Å². The molecule has 0 bridgehead atoms. The van der Waals surface area contributed by atoms with Crippen molar-refractivity contribution >= 4 is 22.6 Å². The first-order chi connectivity index (χ1) is 14.0. The molecule has 1 amide bonds. The number of hydrogen-bond acceptors (Lipinski definition) is 6. The lowest BCUT2D eigenvalue weighted by Crippen LogP contribution is -2.53. The third-order valence-corrected chi connectivity index (χ3v) is 6.08. The fourth-order valence-electron chi connectivity index (χ4n) is 4.33. The van der Waals surface area contributed by atoms with Crippen LogP contribution in [0.5, 0.6) is 0 Å². The van der Waals surface area contributed by atoms with E-state index in [1.807, 2.05) is 19.9 Å². The van der Waals surface area contributed by atoms with E-state index >= 15 is 0 Å². The van der Waals surface area contributed by atoms with Crippen molar-refractivity contribution in [1.29, 1.82) is 5.26 Å². The number of anilines is 1. The van der Waals surface area contributed by atoms with Crippen LogP contribution in [0.15, 0.2) is 24.5 Å². The van der Waals surface area contributed by atoms with Gasteiger partial charge in [-0.05, 0) is 49.1 Å². The van der Waals surface area contributed by atoms with E-state index in [1.54, 1.807) is 18.5 Å². The van der Waals surface area contributed by atoms with Crippen LogP contribution in [0.3, 0.4) is 0 Å². The number of aliphatic hydroxyl groups is 1. The highest BCUT2D eigenvalue weighted by Gasteiger charge is 2.39. The smallest absolute Gasteiger partial charge is 0.249 e. The lowest BCUT2D eigenvalue weighted by Gasteiger charge is -2.40. The molecule has 29 heavy (non-hydrogen) atoms. The predicted octanol–water partition coefficient (Wildman–Crippen LogP) is 2.24. The Kier molecular flexibility index (Phi) is 5.37. The molecule has 1 aromatic carbocycles. The Morgan fingerprint density at radius 3 is 2.59 bits per heavy atom. The largest absolute Gasteiger partial charge is 0.383 e. The Bertz CT molecular complexity index is 950. The van der Waals surface area contributed by atoms with Crippen molar-refractivity contribution in [3.63, 3.8) is 0 Å². The molecule has 7 nitrogen and oxygen atoms in total. The van der Waals surface area contributed by atoms with Gasteiger partial charge in [-0.2, -0.15) is 5.26 Å². The molecular weight excluding hydrogens is 366 g/mol. The minimum Gasteiger partial charge on any atom is -0.383 e. The Balaban J connectivity index is 1.62. The van der Waals surface area contributed by atoms with Crippen LogP contribution in [0.25, 0.3) is 11.0 Å². The number of nitrogens with zero attached hydrogens (tertiary/aromatic N) is 4. The van der Waals surface area contributed by atoms with E-state index in [2.05, 4.69) is 26.3 Å². The Labute approximate surface area is 170 Å². The van der Waals surface area contributed by atoms with E-state index < -0.39 is 6.10 Å². The molecule has 2 aliphatic rings. The molecule has 4 rings (SSSR count). The number of fused-ring (bicyclic) bond motifs is 1. The van der Waals surface area contributed by atoms with Crippen LogP contribution in [0.2, 0.25) is 0 Å². The van der Waals surface area contributed by atoms with E-state index in [4.69, 9.17) is 0 Å². The van der Waals surface area contributed by atoms with Crippen molar-refractivity contribution in [1.82, 2.24) is 15.3 Å². The standard InChI is InChI=1S/C22H27N5O2/c1-13(2)21(28)22(29)26-17-9-16(14-3-4-14)11-27(12-17)18-6-5-15(10-23)19-20(18)25-8-7-24-19/h5-8,13-14,16-17,21,28H,3-4,9,11-12H2,1-2H3,(H,26,29)/t16-,17+,21-/m0/s1. The number of aliphatic hydroxyl groups excluding tert-OH is 1. The number of rotatable bonds is 5. The molecule has 1 saturated carbocycles. The van der Waals surface area contributed by atoms with Crippen LogP contribution in [-0.2, 0) is 4.79 Å². The maximum absolute atomic E-state index is 12.4. The van der Waals surface area contributed by atoms with E-state index in [0.29, 0.717) is 29.5 Å². The van der Waals surface area contributed by atoms with Crippen LogP contribution < -0.4 is 10.2 Å². The monoisotopic (exact) mass is 393 g/mol. The minimum absolute atomic E-state index is 0.0300. The van der Waals surface area contributed by atoms with Crippen LogP contribution in [-0.4, -0.2) is 46.2 Å². The van der Waals surface area contributed by atoms with Gasteiger partial charge in [0.1, 0.15) is 23.2 Å². The molecule has 2 fully saturated rings. The molecule has 3 atom stereocenters. The van der Waals surface area contributed by atoms with E-state index in [1.165, 1.54) is 12.8 Å². The lowest BCUT2D eigenvalue weighted by molar-refractivity contribution is -0.132. The number of hydrogen-bond donors (Lipinski definition) is 2. The molecule has 2 heterocycles. The Morgan fingerprint density at radius 1 is 1.21 bits per heavy atom. The van der Waals surface area contributed by atoms with Crippen molar-refractivity contribution in [3.05, 3.63) is 30.1 Å². The predicted molar refractivity (Wildman–Crippen MR) is 110 cm³/mol. The summed E-state index contributed by atoms with van der Waals surface area (Å²) in [4.78, 5) is 23.6. The molecule has 7 heteroatoms. The van der Waals surface area contributed by atoms with Gasteiger partial charge < -0.3 is 15.3 Å². The first kappa shape index (κ1) is 19.6. The molecule has 0 spiro atoms. The molecule has 0 unspecified atom stereocenters. The minimum atomic E-state index is -0.994. The quantitative estimate of drug-likeness (QED) is 0.808. The van der Waals surface area contributed by atoms with Crippen molar-refractivity contribution in [3.8, 4) is 6.07 Å². The molecule has 1 aliphatic heterocycles. The highest BCUT2D eigenvalue weighted by Crippen LogP contribution is 2.42. The highest BCUT2D eigenvalue weighted by molar-refractivity contribution is 5.92. The molecular formula is C22H27N5O2. The van der Waals surface area contributed by atoms with Gasteiger partial charge in [0, 0.05) is 31.5 Å². The van der Waals surface area contributed by atoms with Crippen LogP contribution in [0.1, 0.15) is 38.7 Å². The third-order valence-electron chi connectivity index (χ3n) is 6.08. The van der Waals surface area contributed by atoms with Gasteiger partial charge in [0.05, 0.1) is 11.3 Å². The summed E-state index contributed by atoms with van der Waals surface area (Å²) in [6.45, 7) is 5.23. The Morgan fingerprint density at radius 2 is 1.93 bits per heavy atom. The zero-order chi connectivity index (χ0) is 20.5. The van der Waals surface area contributed by atoms with Crippen LogP contribution in [0, 0.1) is 29.1 Å². The topological polar surface area (TPSA) is 102 Å². The molecule has 1 aromatic heterocycles. The highest BCUT2D eigenvalue weighted by atomic mass is 16.3. The van der Waals surface area contributed by atoms with E-state index in [0.717, 1.165) is 24.2 Å². The number of nitriles is 1. The van der Waals surface area contributed by atoms with E-state index in [9.17, 15) is 15.2 Å². The van der Waals surface area contributed by atoms with Gasteiger partial charge >= 0.3 is 0 Å². The Hall–Kier alpha value is -2.72. The zero-order valence-corrected chi connectivity index (χ0v) is 16.9. The summed E-state index contributed by atoms with van der Waals surface area (Å²) in [5.41, 5.74) is 2.78. The van der Waals surface area contributed by atoms with Crippen molar-refractivity contribution in [2.24, 2.45) is 17.8 Å². The van der Waals surface area contributed by atoms with Crippen LogP contribution >= 0.6 is 0 Å². The van der Waals surface area contributed by atoms with Crippen molar-refractivity contribution in [2.45, 2.75) is 45.3 Å². The second-order valence-electron chi connectivity index (χ2n) is 8.63. The van der Waals surface area contributed by atoms with E-state index in [-0.39, 0.29) is 17.9 Å². The summed E-state index contributed by atoms with van der Waals surface area (Å²) in [7, 11) is 0. The maximum atomic E-state index is 12.4. The molecule has 0 radical (unpaired) electrons. The molecule has 2 N–H and O–H groups in total. The third kappa shape index (κ3) is 4.03. The van der Waals surface area contributed by atoms with Gasteiger partial charge in [-0.1, -0.05) is 13.8 Å². The zero-order valence-electron chi connectivity index (χ0n) is 16.9. The molecule has 2 aromatic rings. The van der Waals surface area contributed by atoms with Gasteiger partial charge in [-0.15, -0.1) is 0 Å². The maximum Gasteiger partial charge on any atom is 0.249 e. The number of benzene rings is 1. The number of piperidine rings is 1. The normalized spacial score (nSPS) is 23.1. The summed E-state index contributed by atoms with van der Waals surface area (Å²) < 4.78 is 0. The average molecular weight is 393 g/mol. The number of carbonyl (C=O) groups is 1. The second kappa shape index (κ2) is 7.96. The van der Waals surface area contributed by atoms with Gasteiger partial charge in [-0.25, -0.2) is 0 Å². The summed E-state index contributed by atoms with van der Waals surface area (Å²) in [5, 5.41) is 22.6. The van der Waals surface area contributed by atoms with Crippen molar-refractivity contribution < 1.29 is 9.90 Å². The number of aromatic nitrogens is 2. The van der Waals surface area contributed by atoms with Gasteiger partial charge in [-0.3, -0.25) is 14.8 Å². The van der Waals surface area contributed by atoms with Crippen LogP contribution in [0.4, 0.5) is 5.69 Å². The molecule has 1 saturated heterocycles. The lowest BCUT2D eigenvalue weighted by atomic mass is 9.89. The number of amides is 1. The summed E-state index contributed by atoms with van der Waals surface area (Å²) >= 11 is 0. The fourth-order valence-corrected chi connectivity index (χ4v) is 4.33. The first-order valence-electron chi connectivity index (χ1n) is 10.3. The number of nitrogens with one attached hydrogen (secondary N) is 1. The second-order valence-corrected chi connectivity index (χ2v) is 8.63. The summed E-state index contributed by atoms with van der Waals surface area (Å²) in [5.74, 6) is 0.771. The SMILES string of the molecule is CC(C)[C@H](O)C(=O)N[C@@H]1C[C@H](C2CC2)CN(c2ccc(C#N)c3nccnc23)C1. The number of carbonyl (C=O) groups excluding carboxylic acids is 1. The molecule has 1 aliphatic carbocycles. The van der Waals surface area contributed by atoms with Gasteiger partial charge in [0.25, 0.3) is 0 Å². The van der Waals surface area contributed by atoms with Crippen molar-refractivity contribution in [2.75, 3.05) is 18.0 Å². The van der Waals surface area contributed by atoms with Gasteiger partial charge in [0.2, 0.25) is 5.91 Å². The first-order valence-corrected chi connectivity index (χ1v) is 10.3. The summed E-state index contributed by atoms with van der Waals surface area (Å²) in [6, 6.07) is 5.89. The summed E-state index contributed by atoms with van der Waals surface area (Å²) in [6.07, 6.45) is 5.66. The molecule has 152 valence electrons.